The van der Waals surface area contributed by atoms with Gasteiger partial charge in [-0.05, 0) is 20.3 Å². The van der Waals surface area contributed by atoms with Gasteiger partial charge in [0.15, 0.2) is 5.82 Å². The fourth-order valence-corrected chi connectivity index (χ4v) is 2.52. The molecule has 2 heterocycles. The Bertz CT molecular complexity index is 514. The molecule has 2 amide bonds. The molecule has 7 heteroatoms. The molecule has 2 unspecified atom stereocenters. The van der Waals surface area contributed by atoms with Crippen LogP contribution in [-0.2, 0) is 14.3 Å². The number of amides is 2. The minimum absolute atomic E-state index is 0.0218. The SMILES string of the molecule is CCOC(C)C(=O)N1CCC(n2ccc(NC(C)=O)n2)C1. The highest BCUT2D eigenvalue weighted by atomic mass is 16.5. The van der Waals surface area contributed by atoms with Gasteiger partial charge in [-0.2, -0.15) is 5.10 Å². The number of ether oxygens (including phenoxy) is 1. The molecule has 116 valence electrons. The molecule has 1 fully saturated rings. The minimum Gasteiger partial charge on any atom is -0.369 e. The fourth-order valence-electron chi connectivity index (χ4n) is 2.52. The third-order valence-corrected chi connectivity index (χ3v) is 3.53. The lowest BCUT2D eigenvalue weighted by Gasteiger charge is -2.20. The molecule has 7 nitrogen and oxygen atoms in total. The Morgan fingerprint density at radius 1 is 1.57 bits per heavy atom. The van der Waals surface area contributed by atoms with E-state index in [1.807, 2.05) is 22.7 Å². The summed E-state index contributed by atoms with van der Waals surface area (Å²) >= 11 is 0. The smallest absolute Gasteiger partial charge is 0.251 e. The molecular formula is C14H22N4O3. The Morgan fingerprint density at radius 3 is 3.00 bits per heavy atom. The van der Waals surface area contributed by atoms with Gasteiger partial charge in [-0.3, -0.25) is 14.3 Å². The quantitative estimate of drug-likeness (QED) is 0.880. The first-order chi connectivity index (χ1) is 10.0. The number of likely N-dealkylation sites (tertiary alicyclic amines) is 1. The van der Waals surface area contributed by atoms with Crippen molar-refractivity contribution in [2.75, 3.05) is 25.0 Å². The van der Waals surface area contributed by atoms with Crippen molar-refractivity contribution in [2.24, 2.45) is 0 Å². The van der Waals surface area contributed by atoms with E-state index in [1.165, 1.54) is 6.92 Å². The number of carbonyl (C=O) groups excluding carboxylic acids is 2. The summed E-state index contributed by atoms with van der Waals surface area (Å²) in [6.07, 6.45) is 2.28. The molecule has 0 bridgehead atoms. The van der Waals surface area contributed by atoms with Crippen molar-refractivity contribution in [3.63, 3.8) is 0 Å². The average Bonchev–Trinajstić information content (AvgIpc) is 3.05. The van der Waals surface area contributed by atoms with Crippen LogP contribution in [0.4, 0.5) is 5.82 Å². The van der Waals surface area contributed by atoms with Crippen molar-refractivity contribution in [3.05, 3.63) is 12.3 Å². The van der Waals surface area contributed by atoms with E-state index in [1.54, 1.807) is 13.0 Å². The first kappa shape index (κ1) is 15.5. The number of anilines is 1. The zero-order chi connectivity index (χ0) is 15.4. The lowest BCUT2D eigenvalue weighted by molar-refractivity contribution is -0.141. The van der Waals surface area contributed by atoms with Crippen LogP contribution in [0.3, 0.4) is 0 Å². The van der Waals surface area contributed by atoms with E-state index in [9.17, 15) is 9.59 Å². The van der Waals surface area contributed by atoms with Crippen LogP contribution >= 0.6 is 0 Å². The largest absolute Gasteiger partial charge is 0.369 e. The van der Waals surface area contributed by atoms with Gasteiger partial charge >= 0.3 is 0 Å². The van der Waals surface area contributed by atoms with Gasteiger partial charge in [0.2, 0.25) is 5.91 Å². The molecule has 1 aliphatic rings. The van der Waals surface area contributed by atoms with Crippen molar-refractivity contribution in [1.82, 2.24) is 14.7 Å². The van der Waals surface area contributed by atoms with Gasteiger partial charge < -0.3 is 15.0 Å². The van der Waals surface area contributed by atoms with Crippen molar-refractivity contribution in [1.29, 1.82) is 0 Å². The molecule has 2 atom stereocenters. The Kier molecular flexibility index (Phi) is 4.95. The zero-order valence-electron chi connectivity index (χ0n) is 12.7. The Hall–Kier alpha value is -1.89. The Labute approximate surface area is 124 Å². The molecule has 1 aromatic heterocycles. The minimum atomic E-state index is -0.402. The maximum absolute atomic E-state index is 12.2. The van der Waals surface area contributed by atoms with Crippen LogP contribution in [0, 0.1) is 0 Å². The van der Waals surface area contributed by atoms with E-state index in [2.05, 4.69) is 10.4 Å². The molecule has 2 rings (SSSR count). The van der Waals surface area contributed by atoms with E-state index in [-0.39, 0.29) is 17.9 Å². The van der Waals surface area contributed by atoms with E-state index < -0.39 is 6.10 Å². The molecule has 1 aliphatic heterocycles. The van der Waals surface area contributed by atoms with Crippen LogP contribution in [0.2, 0.25) is 0 Å². The lowest BCUT2D eigenvalue weighted by atomic mass is 10.3. The molecule has 0 aliphatic carbocycles. The van der Waals surface area contributed by atoms with Crippen LogP contribution in [0.25, 0.3) is 0 Å². The van der Waals surface area contributed by atoms with E-state index in [4.69, 9.17) is 4.74 Å². The first-order valence-corrected chi connectivity index (χ1v) is 7.24. The summed E-state index contributed by atoms with van der Waals surface area (Å²) in [6, 6.07) is 1.90. The van der Waals surface area contributed by atoms with E-state index >= 15 is 0 Å². The van der Waals surface area contributed by atoms with Crippen LogP contribution in [0.5, 0.6) is 0 Å². The number of rotatable bonds is 5. The van der Waals surface area contributed by atoms with Gasteiger partial charge in [0, 0.05) is 38.9 Å². The standard InChI is InChI=1S/C14H22N4O3/c1-4-21-10(2)14(20)17-7-5-12(9-17)18-8-6-13(16-18)15-11(3)19/h6,8,10,12H,4-5,7,9H2,1-3H3,(H,15,16,19). The summed E-state index contributed by atoms with van der Waals surface area (Å²) in [5, 5.41) is 6.97. The molecular weight excluding hydrogens is 272 g/mol. The summed E-state index contributed by atoms with van der Waals surface area (Å²) in [4.78, 5) is 25.0. The summed E-state index contributed by atoms with van der Waals surface area (Å²) in [6.45, 7) is 6.97. The topological polar surface area (TPSA) is 76.5 Å². The fraction of sp³-hybridized carbons (Fsp3) is 0.643. The highest BCUT2D eigenvalue weighted by Crippen LogP contribution is 2.22. The van der Waals surface area contributed by atoms with Crippen molar-refractivity contribution in [3.8, 4) is 0 Å². The maximum atomic E-state index is 12.2. The molecule has 0 spiro atoms. The van der Waals surface area contributed by atoms with Gasteiger partial charge in [0.1, 0.15) is 6.10 Å². The number of carbonyl (C=O) groups is 2. The van der Waals surface area contributed by atoms with Crippen molar-refractivity contribution in [2.45, 2.75) is 39.3 Å². The van der Waals surface area contributed by atoms with E-state index in [0.717, 1.165) is 6.42 Å². The second-order valence-electron chi connectivity index (χ2n) is 5.19. The maximum Gasteiger partial charge on any atom is 0.251 e. The predicted molar refractivity (Wildman–Crippen MR) is 77.9 cm³/mol. The van der Waals surface area contributed by atoms with Crippen LogP contribution in [0.1, 0.15) is 33.2 Å². The van der Waals surface area contributed by atoms with Gasteiger partial charge in [-0.1, -0.05) is 0 Å². The van der Waals surface area contributed by atoms with Crippen molar-refractivity contribution < 1.29 is 14.3 Å². The van der Waals surface area contributed by atoms with Gasteiger partial charge in [0.05, 0.1) is 6.04 Å². The highest BCUT2D eigenvalue weighted by Gasteiger charge is 2.30. The van der Waals surface area contributed by atoms with Crippen LogP contribution < -0.4 is 5.32 Å². The first-order valence-electron chi connectivity index (χ1n) is 7.24. The second-order valence-corrected chi connectivity index (χ2v) is 5.19. The molecule has 1 saturated heterocycles. The van der Waals surface area contributed by atoms with Crippen LogP contribution in [-0.4, -0.2) is 52.3 Å². The van der Waals surface area contributed by atoms with Gasteiger partial charge in [-0.15, -0.1) is 0 Å². The van der Waals surface area contributed by atoms with Crippen LogP contribution in [0.15, 0.2) is 12.3 Å². The molecule has 1 N–H and O–H groups in total. The number of nitrogens with zero attached hydrogens (tertiary/aromatic N) is 3. The predicted octanol–water partition coefficient (Wildman–Crippen LogP) is 1.04. The van der Waals surface area contributed by atoms with E-state index in [0.29, 0.717) is 25.5 Å². The molecule has 21 heavy (non-hydrogen) atoms. The van der Waals surface area contributed by atoms with Gasteiger partial charge in [-0.25, -0.2) is 0 Å². The number of aromatic nitrogens is 2. The number of hydrogen-bond acceptors (Lipinski definition) is 4. The summed E-state index contributed by atoms with van der Waals surface area (Å²) < 4.78 is 7.15. The zero-order valence-corrected chi connectivity index (χ0v) is 12.7. The van der Waals surface area contributed by atoms with Crippen molar-refractivity contribution >= 4 is 17.6 Å². The number of hydrogen-bond donors (Lipinski definition) is 1. The third-order valence-electron chi connectivity index (χ3n) is 3.53. The number of nitrogens with one attached hydrogen (secondary N) is 1. The Morgan fingerprint density at radius 2 is 2.33 bits per heavy atom. The third kappa shape index (κ3) is 3.81. The summed E-state index contributed by atoms with van der Waals surface area (Å²) in [5.74, 6) is 0.414. The summed E-state index contributed by atoms with van der Waals surface area (Å²) in [7, 11) is 0. The van der Waals surface area contributed by atoms with Gasteiger partial charge in [0.25, 0.3) is 5.91 Å². The summed E-state index contributed by atoms with van der Waals surface area (Å²) in [5.41, 5.74) is 0. The molecule has 0 saturated carbocycles. The Balaban J connectivity index is 1.94. The normalized spacial score (nSPS) is 19.6. The molecule has 0 radical (unpaired) electrons. The molecule has 1 aromatic rings. The lowest BCUT2D eigenvalue weighted by Crippen LogP contribution is -2.37. The highest BCUT2D eigenvalue weighted by molar-refractivity contribution is 5.87. The second kappa shape index (κ2) is 6.71. The molecule has 0 aromatic carbocycles. The monoisotopic (exact) mass is 294 g/mol. The average molecular weight is 294 g/mol.